The van der Waals surface area contributed by atoms with Gasteiger partial charge in [-0.3, -0.25) is 0 Å². The zero-order chi connectivity index (χ0) is 19.8. The van der Waals surface area contributed by atoms with Crippen molar-refractivity contribution in [3.05, 3.63) is 31.7 Å². The Morgan fingerprint density at radius 2 is 2.07 bits per heavy atom. The second-order valence-corrected chi connectivity index (χ2v) is 8.05. The molecule has 0 bridgehead atoms. The third-order valence-electron chi connectivity index (χ3n) is 3.66. The molecular weight excluding hydrogens is 509 g/mol. The fraction of sp³-hybridized carbons (Fsp3) is 0.556. The molecular formula is C18H28IN5O2S2. The summed E-state index contributed by atoms with van der Waals surface area (Å²) >= 11 is 3.04. The zero-order valence-electron chi connectivity index (χ0n) is 16.9. The summed E-state index contributed by atoms with van der Waals surface area (Å²) in [4.78, 5) is 27.4. The van der Waals surface area contributed by atoms with Crippen molar-refractivity contribution in [2.75, 3.05) is 13.2 Å². The summed E-state index contributed by atoms with van der Waals surface area (Å²) in [5, 5.41) is 8.40. The molecule has 0 aliphatic carbocycles. The smallest absolute Gasteiger partial charge is 0.350 e. The molecule has 2 heterocycles. The van der Waals surface area contributed by atoms with E-state index in [0.717, 1.165) is 23.0 Å². The molecule has 0 aromatic carbocycles. The molecule has 1 unspecified atom stereocenters. The maximum atomic E-state index is 12.0. The van der Waals surface area contributed by atoms with Gasteiger partial charge in [0.05, 0.1) is 24.9 Å². The van der Waals surface area contributed by atoms with Crippen LogP contribution in [0.4, 0.5) is 0 Å². The highest BCUT2D eigenvalue weighted by molar-refractivity contribution is 14.0. The van der Waals surface area contributed by atoms with Crippen LogP contribution in [0.1, 0.15) is 64.0 Å². The van der Waals surface area contributed by atoms with Gasteiger partial charge in [-0.25, -0.2) is 19.8 Å². The Balaban J connectivity index is 0.00000392. The van der Waals surface area contributed by atoms with Gasteiger partial charge in [-0.2, -0.15) is 0 Å². The number of carbonyl (C=O) groups is 1. The SMILES string of the molecule is CCNC(=NCc1ncc(CC)s1)NC(C)c1nc(C)c(C(=O)OCC)s1.I. The van der Waals surface area contributed by atoms with Crippen molar-refractivity contribution < 1.29 is 9.53 Å². The van der Waals surface area contributed by atoms with E-state index in [1.807, 2.05) is 27.0 Å². The Morgan fingerprint density at radius 3 is 2.68 bits per heavy atom. The molecule has 28 heavy (non-hydrogen) atoms. The normalized spacial score (nSPS) is 12.2. The van der Waals surface area contributed by atoms with Crippen molar-refractivity contribution in [3.8, 4) is 0 Å². The summed E-state index contributed by atoms with van der Waals surface area (Å²) in [7, 11) is 0. The van der Waals surface area contributed by atoms with E-state index in [1.165, 1.54) is 16.2 Å². The molecule has 0 aliphatic rings. The summed E-state index contributed by atoms with van der Waals surface area (Å²) < 4.78 is 5.09. The summed E-state index contributed by atoms with van der Waals surface area (Å²) in [6, 6.07) is -0.0859. The predicted octanol–water partition coefficient (Wildman–Crippen LogP) is 4.08. The Hall–Kier alpha value is -1.27. The summed E-state index contributed by atoms with van der Waals surface area (Å²) in [6.45, 7) is 11.4. The number of halogens is 1. The lowest BCUT2D eigenvalue weighted by molar-refractivity contribution is 0.0531. The standard InChI is InChI=1S/C18H27N5O2S2.HI/c1-6-13-9-20-14(26-13)10-21-18(19-7-2)23-12(5)16-22-11(4)15(27-16)17(24)25-8-3;/h9,12H,6-8,10H2,1-5H3,(H2,19,21,23);1H. The van der Waals surface area contributed by atoms with Crippen LogP contribution in [0.5, 0.6) is 0 Å². The van der Waals surface area contributed by atoms with Gasteiger partial charge in [0.1, 0.15) is 14.9 Å². The van der Waals surface area contributed by atoms with Gasteiger partial charge in [0, 0.05) is 17.6 Å². The molecule has 7 nitrogen and oxygen atoms in total. The predicted molar refractivity (Wildman–Crippen MR) is 126 cm³/mol. The average molecular weight is 537 g/mol. The fourth-order valence-electron chi connectivity index (χ4n) is 2.31. The third-order valence-corrected chi connectivity index (χ3v) is 6.11. The first-order chi connectivity index (χ1) is 13.0. The Morgan fingerprint density at radius 1 is 1.32 bits per heavy atom. The quantitative estimate of drug-likeness (QED) is 0.228. The molecule has 0 amide bonds. The number of ether oxygens (including phenoxy) is 1. The van der Waals surface area contributed by atoms with E-state index >= 15 is 0 Å². The van der Waals surface area contributed by atoms with Crippen LogP contribution in [-0.2, 0) is 17.7 Å². The largest absolute Gasteiger partial charge is 0.462 e. The number of guanidine groups is 1. The van der Waals surface area contributed by atoms with Crippen LogP contribution < -0.4 is 10.6 Å². The Kier molecular flexibility index (Phi) is 10.9. The van der Waals surface area contributed by atoms with Crippen molar-refractivity contribution in [2.24, 2.45) is 4.99 Å². The highest BCUT2D eigenvalue weighted by Crippen LogP contribution is 2.24. The number of carbonyl (C=O) groups excluding carboxylic acids is 1. The van der Waals surface area contributed by atoms with E-state index in [4.69, 9.17) is 4.74 Å². The van der Waals surface area contributed by atoms with Crippen molar-refractivity contribution in [2.45, 2.75) is 53.6 Å². The number of nitrogens with zero attached hydrogens (tertiary/aromatic N) is 3. The number of hydrogen-bond donors (Lipinski definition) is 2. The van der Waals surface area contributed by atoms with Gasteiger partial charge < -0.3 is 15.4 Å². The average Bonchev–Trinajstić information content (AvgIpc) is 3.26. The van der Waals surface area contributed by atoms with Crippen LogP contribution in [0.25, 0.3) is 0 Å². The molecule has 0 aliphatic heterocycles. The van der Waals surface area contributed by atoms with Gasteiger partial charge >= 0.3 is 5.97 Å². The van der Waals surface area contributed by atoms with E-state index < -0.39 is 0 Å². The molecule has 1 atom stereocenters. The van der Waals surface area contributed by atoms with E-state index in [-0.39, 0.29) is 36.0 Å². The minimum absolute atomic E-state index is 0. The summed E-state index contributed by atoms with van der Waals surface area (Å²) in [6.07, 6.45) is 2.90. The van der Waals surface area contributed by atoms with Gasteiger partial charge in [-0.1, -0.05) is 6.92 Å². The number of aryl methyl sites for hydroxylation is 2. The molecule has 0 radical (unpaired) electrons. The minimum atomic E-state index is -0.318. The molecule has 2 aromatic heterocycles. The van der Waals surface area contributed by atoms with E-state index in [1.54, 1.807) is 18.3 Å². The van der Waals surface area contributed by atoms with Crippen molar-refractivity contribution in [3.63, 3.8) is 0 Å². The van der Waals surface area contributed by atoms with E-state index in [2.05, 4.69) is 32.5 Å². The first-order valence-electron chi connectivity index (χ1n) is 9.11. The lowest BCUT2D eigenvalue weighted by atomic mass is 10.3. The number of nitrogens with one attached hydrogen (secondary N) is 2. The number of rotatable bonds is 8. The highest BCUT2D eigenvalue weighted by Gasteiger charge is 2.20. The minimum Gasteiger partial charge on any atom is -0.462 e. The van der Waals surface area contributed by atoms with Gasteiger partial charge in [0.25, 0.3) is 0 Å². The lowest BCUT2D eigenvalue weighted by Gasteiger charge is -2.15. The summed E-state index contributed by atoms with van der Waals surface area (Å²) in [5.74, 6) is 0.380. The van der Waals surface area contributed by atoms with Crippen LogP contribution in [-0.4, -0.2) is 35.0 Å². The van der Waals surface area contributed by atoms with Crippen LogP contribution in [0, 0.1) is 6.92 Å². The number of hydrogen-bond acceptors (Lipinski definition) is 7. The van der Waals surface area contributed by atoms with Gasteiger partial charge in [0.15, 0.2) is 5.96 Å². The van der Waals surface area contributed by atoms with Crippen molar-refractivity contribution in [1.82, 2.24) is 20.6 Å². The molecule has 10 heteroatoms. The van der Waals surface area contributed by atoms with Crippen LogP contribution in [0.3, 0.4) is 0 Å². The second-order valence-electron chi connectivity index (χ2n) is 5.82. The van der Waals surface area contributed by atoms with E-state index in [9.17, 15) is 4.79 Å². The fourth-order valence-corrected chi connectivity index (χ4v) is 4.06. The van der Waals surface area contributed by atoms with Crippen molar-refractivity contribution >= 4 is 58.6 Å². The topological polar surface area (TPSA) is 88.5 Å². The zero-order valence-corrected chi connectivity index (χ0v) is 20.8. The molecule has 2 rings (SSSR count). The van der Waals surface area contributed by atoms with Gasteiger partial charge in [0.2, 0.25) is 0 Å². The Labute approximate surface area is 191 Å². The molecule has 2 N–H and O–H groups in total. The monoisotopic (exact) mass is 537 g/mol. The molecule has 0 spiro atoms. The number of esters is 1. The lowest BCUT2D eigenvalue weighted by Crippen LogP contribution is -2.38. The highest BCUT2D eigenvalue weighted by atomic mass is 127. The third kappa shape index (κ3) is 6.96. The summed E-state index contributed by atoms with van der Waals surface area (Å²) in [5.41, 5.74) is 0.693. The second kappa shape index (κ2) is 12.3. The maximum Gasteiger partial charge on any atom is 0.350 e. The molecule has 2 aromatic rings. The van der Waals surface area contributed by atoms with Crippen LogP contribution in [0.15, 0.2) is 11.2 Å². The maximum absolute atomic E-state index is 12.0. The molecule has 0 saturated carbocycles. The van der Waals surface area contributed by atoms with Crippen molar-refractivity contribution in [1.29, 1.82) is 0 Å². The van der Waals surface area contributed by atoms with Gasteiger partial charge in [-0.05, 0) is 34.1 Å². The molecule has 0 fully saturated rings. The van der Waals surface area contributed by atoms with E-state index in [0.29, 0.717) is 29.7 Å². The molecule has 156 valence electrons. The number of aromatic nitrogens is 2. The number of thiazole rings is 2. The van der Waals surface area contributed by atoms with Crippen LogP contribution >= 0.6 is 46.7 Å². The number of aliphatic imine (C=N–C) groups is 1. The first-order valence-corrected chi connectivity index (χ1v) is 10.7. The molecule has 0 saturated heterocycles. The Bertz CT molecular complexity index is 791. The van der Waals surface area contributed by atoms with Crippen LogP contribution in [0.2, 0.25) is 0 Å². The first kappa shape index (κ1) is 24.8. The van der Waals surface area contributed by atoms with Gasteiger partial charge in [-0.15, -0.1) is 46.7 Å².